The molecular weight excluding hydrogens is 288 g/mol. The maximum absolute atomic E-state index is 12.1. The van der Waals surface area contributed by atoms with Crippen LogP contribution in [0.3, 0.4) is 0 Å². The van der Waals surface area contributed by atoms with Gasteiger partial charge in [0.25, 0.3) is 5.91 Å². The monoisotopic (exact) mass is 310 g/mol. The summed E-state index contributed by atoms with van der Waals surface area (Å²) < 4.78 is 0. The van der Waals surface area contributed by atoms with Crippen LogP contribution >= 0.6 is 0 Å². The predicted octanol–water partition coefficient (Wildman–Crippen LogP) is 3.15. The lowest BCUT2D eigenvalue weighted by Gasteiger charge is -2.22. The first-order valence-electron chi connectivity index (χ1n) is 8.22. The molecule has 0 bridgehead atoms. The average Bonchev–Trinajstić information content (AvgIpc) is 2.62. The summed E-state index contributed by atoms with van der Waals surface area (Å²) in [5, 5.41) is 6.23. The number of hydrogen-bond donors (Lipinski definition) is 2. The van der Waals surface area contributed by atoms with Gasteiger partial charge in [0.2, 0.25) is 5.95 Å². The third-order valence-electron chi connectivity index (χ3n) is 4.15. The summed E-state index contributed by atoms with van der Waals surface area (Å²) in [5.74, 6) is 0.453. The number of carbonyl (C=O) groups excluding carboxylic acids is 1. The molecule has 2 aromatic rings. The van der Waals surface area contributed by atoms with Crippen molar-refractivity contribution in [2.75, 3.05) is 5.32 Å². The zero-order chi connectivity index (χ0) is 15.9. The van der Waals surface area contributed by atoms with Crippen LogP contribution in [0.25, 0.3) is 0 Å². The van der Waals surface area contributed by atoms with Gasteiger partial charge in [0.15, 0.2) is 0 Å². The zero-order valence-electron chi connectivity index (χ0n) is 13.2. The Kier molecular flexibility index (Phi) is 5.19. The van der Waals surface area contributed by atoms with Gasteiger partial charge in [-0.2, -0.15) is 0 Å². The van der Waals surface area contributed by atoms with E-state index in [1.54, 1.807) is 12.4 Å². The lowest BCUT2D eigenvalue weighted by molar-refractivity contribution is 0.0950. The van der Waals surface area contributed by atoms with Gasteiger partial charge in [-0.1, -0.05) is 49.6 Å². The topological polar surface area (TPSA) is 66.9 Å². The van der Waals surface area contributed by atoms with Crippen molar-refractivity contribution in [1.82, 2.24) is 15.3 Å². The second-order valence-electron chi connectivity index (χ2n) is 5.94. The van der Waals surface area contributed by atoms with Gasteiger partial charge in [0.05, 0.1) is 5.56 Å². The Hall–Kier alpha value is -2.43. The van der Waals surface area contributed by atoms with Gasteiger partial charge in [-0.05, 0) is 18.4 Å². The molecule has 1 amide bonds. The van der Waals surface area contributed by atoms with Crippen LogP contribution in [0.1, 0.15) is 48.0 Å². The molecule has 1 heterocycles. The molecule has 2 N–H and O–H groups in total. The van der Waals surface area contributed by atoms with E-state index in [0.717, 1.165) is 5.56 Å². The predicted molar refractivity (Wildman–Crippen MR) is 90.1 cm³/mol. The number of carbonyl (C=O) groups is 1. The molecule has 0 atom stereocenters. The number of nitrogens with one attached hydrogen (secondary N) is 2. The van der Waals surface area contributed by atoms with E-state index in [0.29, 0.717) is 24.1 Å². The molecule has 23 heavy (non-hydrogen) atoms. The number of amides is 1. The van der Waals surface area contributed by atoms with Crippen LogP contribution < -0.4 is 10.6 Å². The number of hydrogen-bond acceptors (Lipinski definition) is 4. The Balaban J connectivity index is 1.52. The minimum atomic E-state index is -0.155. The normalized spacial score (nSPS) is 15.1. The van der Waals surface area contributed by atoms with Crippen LogP contribution in [0.2, 0.25) is 0 Å². The van der Waals surface area contributed by atoms with Gasteiger partial charge in [-0.15, -0.1) is 0 Å². The van der Waals surface area contributed by atoms with Crippen LogP contribution in [-0.2, 0) is 6.54 Å². The highest BCUT2D eigenvalue weighted by molar-refractivity contribution is 5.93. The molecule has 5 heteroatoms. The van der Waals surface area contributed by atoms with Crippen molar-refractivity contribution in [3.05, 3.63) is 53.9 Å². The standard InChI is InChI=1S/C18H22N4O/c23-17(19-11-14-7-3-1-4-8-14)15-12-20-18(21-13-15)22-16-9-5-2-6-10-16/h1,3-4,7-8,12-13,16H,2,5-6,9-11H2,(H,19,23)(H,20,21,22). The molecule has 1 aromatic carbocycles. The molecule has 0 aliphatic heterocycles. The fourth-order valence-corrected chi connectivity index (χ4v) is 2.83. The largest absolute Gasteiger partial charge is 0.351 e. The van der Waals surface area contributed by atoms with Gasteiger partial charge >= 0.3 is 0 Å². The maximum Gasteiger partial charge on any atom is 0.254 e. The number of benzene rings is 1. The van der Waals surface area contributed by atoms with Crippen LogP contribution in [0.15, 0.2) is 42.7 Å². The van der Waals surface area contributed by atoms with Gasteiger partial charge < -0.3 is 10.6 Å². The van der Waals surface area contributed by atoms with Gasteiger partial charge in [0, 0.05) is 25.0 Å². The van der Waals surface area contributed by atoms with Crippen molar-refractivity contribution in [2.45, 2.75) is 44.7 Å². The molecule has 1 aliphatic carbocycles. The maximum atomic E-state index is 12.1. The quantitative estimate of drug-likeness (QED) is 0.890. The summed E-state index contributed by atoms with van der Waals surface area (Å²) in [4.78, 5) is 20.6. The Morgan fingerprint density at radius 1 is 1.04 bits per heavy atom. The number of anilines is 1. The smallest absolute Gasteiger partial charge is 0.254 e. The first-order chi connectivity index (χ1) is 11.3. The molecular formula is C18H22N4O. The molecule has 0 radical (unpaired) electrons. The summed E-state index contributed by atoms with van der Waals surface area (Å²) in [5.41, 5.74) is 1.55. The molecule has 1 saturated carbocycles. The summed E-state index contributed by atoms with van der Waals surface area (Å²) in [6.45, 7) is 0.502. The van der Waals surface area contributed by atoms with E-state index in [-0.39, 0.29) is 5.91 Å². The molecule has 0 spiro atoms. The summed E-state index contributed by atoms with van der Waals surface area (Å²) in [6, 6.07) is 10.3. The van der Waals surface area contributed by atoms with Crippen molar-refractivity contribution in [1.29, 1.82) is 0 Å². The first-order valence-corrected chi connectivity index (χ1v) is 8.22. The molecule has 1 fully saturated rings. The van der Waals surface area contributed by atoms with Gasteiger partial charge in [0.1, 0.15) is 0 Å². The number of rotatable bonds is 5. The molecule has 1 aliphatic rings. The minimum absolute atomic E-state index is 0.155. The van der Waals surface area contributed by atoms with Crippen molar-refractivity contribution in [3.8, 4) is 0 Å². The van der Waals surface area contributed by atoms with Gasteiger partial charge in [-0.3, -0.25) is 4.79 Å². The highest BCUT2D eigenvalue weighted by Crippen LogP contribution is 2.19. The van der Waals surface area contributed by atoms with Crippen LogP contribution in [0.4, 0.5) is 5.95 Å². The van der Waals surface area contributed by atoms with E-state index in [1.807, 2.05) is 30.3 Å². The second kappa shape index (κ2) is 7.72. The Morgan fingerprint density at radius 3 is 2.43 bits per heavy atom. The molecule has 120 valence electrons. The summed E-state index contributed by atoms with van der Waals surface area (Å²) in [7, 11) is 0. The molecule has 1 aromatic heterocycles. The SMILES string of the molecule is O=C(NCc1ccccc1)c1cnc(NC2CCCCC2)nc1. The van der Waals surface area contributed by atoms with Crippen molar-refractivity contribution >= 4 is 11.9 Å². The average molecular weight is 310 g/mol. The van der Waals surface area contributed by atoms with E-state index < -0.39 is 0 Å². The number of nitrogens with zero attached hydrogens (tertiary/aromatic N) is 2. The highest BCUT2D eigenvalue weighted by atomic mass is 16.1. The van der Waals surface area contributed by atoms with Gasteiger partial charge in [-0.25, -0.2) is 9.97 Å². The lowest BCUT2D eigenvalue weighted by atomic mass is 9.96. The van der Waals surface area contributed by atoms with Crippen molar-refractivity contribution in [3.63, 3.8) is 0 Å². The fraction of sp³-hybridized carbons (Fsp3) is 0.389. The molecule has 0 unspecified atom stereocenters. The second-order valence-corrected chi connectivity index (χ2v) is 5.94. The van der Waals surface area contributed by atoms with E-state index in [1.165, 1.54) is 32.1 Å². The Labute approximate surface area is 136 Å². The Morgan fingerprint density at radius 2 is 1.74 bits per heavy atom. The molecule has 5 nitrogen and oxygen atoms in total. The molecule has 3 rings (SSSR count). The zero-order valence-corrected chi connectivity index (χ0v) is 13.2. The Bertz CT molecular complexity index is 621. The summed E-state index contributed by atoms with van der Waals surface area (Å²) >= 11 is 0. The van der Waals surface area contributed by atoms with Crippen molar-refractivity contribution < 1.29 is 4.79 Å². The van der Waals surface area contributed by atoms with E-state index in [9.17, 15) is 4.79 Å². The molecule has 0 saturated heterocycles. The van der Waals surface area contributed by atoms with Crippen LogP contribution in [0, 0.1) is 0 Å². The third-order valence-corrected chi connectivity index (χ3v) is 4.15. The third kappa shape index (κ3) is 4.52. The first kappa shape index (κ1) is 15.5. The van der Waals surface area contributed by atoms with E-state index in [4.69, 9.17) is 0 Å². The van der Waals surface area contributed by atoms with Crippen molar-refractivity contribution in [2.24, 2.45) is 0 Å². The minimum Gasteiger partial charge on any atom is -0.351 e. The number of aromatic nitrogens is 2. The van der Waals surface area contributed by atoms with E-state index >= 15 is 0 Å². The highest BCUT2D eigenvalue weighted by Gasteiger charge is 2.14. The van der Waals surface area contributed by atoms with Crippen LogP contribution in [-0.4, -0.2) is 21.9 Å². The fourth-order valence-electron chi connectivity index (χ4n) is 2.83. The summed E-state index contributed by atoms with van der Waals surface area (Å²) in [6.07, 6.45) is 9.34. The lowest BCUT2D eigenvalue weighted by Crippen LogP contribution is -2.25. The van der Waals surface area contributed by atoms with Crippen LogP contribution in [0.5, 0.6) is 0 Å². The van der Waals surface area contributed by atoms with E-state index in [2.05, 4.69) is 20.6 Å².